The Morgan fingerprint density at radius 2 is 2.08 bits per heavy atom. The summed E-state index contributed by atoms with van der Waals surface area (Å²) < 4.78 is 1.56. The first-order chi connectivity index (χ1) is 5.74. The van der Waals surface area contributed by atoms with Gasteiger partial charge in [-0.15, -0.1) is 0 Å². The third-order valence-electron chi connectivity index (χ3n) is 1.35. The zero-order valence-electron chi connectivity index (χ0n) is 8.16. The Hall–Kier alpha value is -1.12. The van der Waals surface area contributed by atoms with Crippen molar-refractivity contribution in [1.82, 2.24) is 9.55 Å². The maximum Gasteiger partial charge on any atom is 0.347 e. The summed E-state index contributed by atoms with van der Waals surface area (Å²) >= 11 is 0. The maximum atomic E-state index is 10.9. The largest absolute Gasteiger partial charge is 0.347 e. The van der Waals surface area contributed by atoms with E-state index in [0.717, 1.165) is 5.69 Å². The molecule has 3 heteroatoms. The molecule has 3 nitrogen and oxygen atoms in total. The fourth-order valence-corrected chi connectivity index (χ4v) is 0.755. The SMILES string of the molecule is CC.CCn1ccc(C)nc1=O. The number of aryl methyl sites for hydroxylation is 2. The molecule has 1 rings (SSSR count). The van der Waals surface area contributed by atoms with Crippen LogP contribution in [0.3, 0.4) is 0 Å². The lowest BCUT2D eigenvalue weighted by Gasteiger charge is -1.98. The molecule has 0 unspecified atom stereocenters. The summed E-state index contributed by atoms with van der Waals surface area (Å²) in [5.41, 5.74) is 0.609. The summed E-state index contributed by atoms with van der Waals surface area (Å²) in [5, 5.41) is 0. The first-order valence-corrected chi connectivity index (χ1v) is 4.28. The predicted octanol–water partition coefficient (Wildman–Crippen LogP) is 1.60. The second kappa shape index (κ2) is 5.52. The summed E-state index contributed by atoms with van der Waals surface area (Å²) in [7, 11) is 0. The van der Waals surface area contributed by atoms with Crippen molar-refractivity contribution in [3.8, 4) is 0 Å². The van der Waals surface area contributed by atoms with Gasteiger partial charge >= 0.3 is 5.69 Å². The van der Waals surface area contributed by atoms with E-state index in [4.69, 9.17) is 0 Å². The van der Waals surface area contributed by atoms with Crippen LogP contribution in [0.5, 0.6) is 0 Å². The van der Waals surface area contributed by atoms with E-state index < -0.39 is 0 Å². The monoisotopic (exact) mass is 168 g/mol. The Labute approximate surface area is 73.1 Å². The summed E-state index contributed by atoms with van der Waals surface area (Å²) in [5.74, 6) is 0. The van der Waals surface area contributed by atoms with Gasteiger partial charge in [0.25, 0.3) is 0 Å². The summed E-state index contributed by atoms with van der Waals surface area (Å²) in [6.07, 6.45) is 1.75. The van der Waals surface area contributed by atoms with Crippen LogP contribution in [0.2, 0.25) is 0 Å². The van der Waals surface area contributed by atoms with Crippen LogP contribution in [-0.4, -0.2) is 9.55 Å². The summed E-state index contributed by atoms with van der Waals surface area (Å²) in [6, 6.07) is 1.82. The van der Waals surface area contributed by atoms with Gasteiger partial charge in [-0.3, -0.25) is 4.57 Å². The van der Waals surface area contributed by atoms with Crippen LogP contribution in [0.15, 0.2) is 17.1 Å². The highest BCUT2D eigenvalue weighted by molar-refractivity contribution is 4.95. The van der Waals surface area contributed by atoms with E-state index in [-0.39, 0.29) is 5.69 Å². The van der Waals surface area contributed by atoms with E-state index in [1.54, 1.807) is 17.7 Å². The lowest BCUT2D eigenvalue weighted by Crippen LogP contribution is -2.21. The fourth-order valence-electron chi connectivity index (χ4n) is 0.755. The zero-order chi connectivity index (χ0) is 9.56. The first kappa shape index (κ1) is 10.9. The van der Waals surface area contributed by atoms with Gasteiger partial charge in [0.2, 0.25) is 0 Å². The van der Waals surface area contributed by atoms with Gasteiger partial charge in [-0.25, -0.2) is 4.79 Å². The van der Waals surface area contributed by atoms with Crippen molar-refractivity contribution >= 4 is 0 Å². The Bertz CT molecular complexity index is 278. The normalized spacial score (nSPS) is 8.67. The van der Waals surface area contributed by atoms with Crippen molar-refractivity contribution in [2.45, 2.75) is 34.2 Å². The molecule has 0 aliphatic carbocycles. The molecule has 0 saturated heterocycles. The average Bonchev–Trinajstić information content (AvgIpc) is 2.08. The van der Waals surface area contributed by atoms with Gasteiger partial charge in [0, 0.05) is 18.4 Å². The molecular weight excluding hydrogens is 152 g/mol. The molecule has 0 aromatic carbocycles. The molecule has 1 aromatic rings. The zero-order valence-corrected chi connectivity index (χ0v) is 8.16. The van der Waals surface area contributed by atoms with E-state index in [1.165, 1.54) is 0 Å². The minimum absolute atomic E-state index is 0.164. The lowest BCUT2D eigenvalue weighted by atomic mass is 10.4. The molecule has 1 heterocycles. The molecule has 0 amide bonds. The number of rotatable bonds is 1. The van der Waals surface area contributed by atoms with Gasteiger partial charge < -0.3 is 0 Å². The van der Waals surface area contributed by atoms with Crippen molar-refractivity contribution in [3.63, 3.8) is 0 Å². The third-order valence-corrected chi connectivity index (χ3v) is 1.35. The first-order valence-electron chi connectivity index (χ1n) is 4.28. The van der Waals surface area contributed by atoms with Crippen LogP contribution in [0.1, 0.15) is 26.5 Å². The van der Waals surface area contributed by atoms with Gasteiger partial charge in [-0.05, 0) is 19.9 Å². The van der Waals surface area contributed by atoms with Crippen LogP contribution in [0, 0.1) is 6.92 Å². The van der Waals surface area contributed by atoms with E-state index >= 15 is 0 Å². The number of hydrogen-bond donors (Lipinski definition) is 0. The number of hydrogen-bond acceptors (Lipinski definition) is 2. The van der Waals surface area contributed by atoms with E-state index in [1.807, 2.05) is 26.8 Å². The number of aromatic nitrogens is 2. The van der Waals surface area contributed by atoms with Crippen molar-refractivity contribution in [3.05, 3.63) is 28.4 Å². The minimum atomic E-state index is -0.164. The standard InChI is InChI=1S/C7H10N2O.C2H6/c1-3-9-5-4-6(2)8-7(9)10;1-2/h4-5H,3H2,1-2H3;1-2H3. The maximum absolute atomic E-state index is 10.9. The third kappa shape index (κ3) is 2.86. The second-order valence-corrected chi connectivity index (χ2v) is 2.14. The predicted molar refractivity (Wildman–Crippen MR) is 50.3 cm³/mol. The van der Waals surface area contributed by atoms with Gasteiger partial charge in [0.05, 0.1) is 0 Å². The molecule has 68 valence electrons. The molecule has 0 radical (unpaired) electrons. The molecule has 0 aliphatic rings. The van der Waals surface area contributed by atoms with E-state index in [9.17, 15) is 4.79 Å². The lowest BCUT2D eigenvalue weighted by molar-refractivity contribution is 0.693. The fraction of sp³-hybridized carbons (Fsp3) is 0.556. The van der Waals surface area contributed by atoms with E-state index in [0.29, 0.717) is 6.54 Å². The molecule has 1 aromatic heterocycles. The molecule has 12 heavy (non-hydrogen) atoms. The van der Waals surface area contributed by atoms with Crippen LogP contribution in [0.25, 0.3) is 0 Å². The molecule has 0 aliphatic heterocycles. The van der Waals surface area contributed by atoms with Crippen LogP contribution < -0.4 is 5.69 Å². The molecular formula is C9H16N2O. The molecule has 0 spiro atoms. The number of nitrogens with zero attached hydrogens (tertiary/aromatic N) is 2. The smallest absolute Gasteiger partial charge is 0.299 e. The van der Waals surface area contributed by atoms with E-state index in [2.05, 4.69) is 4.98 Å². The molecule has 0 atom stereocenters. The molecule has 0 fully saturated rings. The second-order valence-electron chi connectivity index (χ2n) is 2.14. The Morgan fingerprint density at radius 3 is 2.50 bits per heavy atom. The van der Waals surface area contributed by atoms with Crippen molar-refractivity contribution in [2.24, 2.45) is 0 Å². The van der Waals surface area contributed by atoms with Gasteiger partial charge in [0.15, 0.2) is 0 Å². The van der Waals surface area contributed by atoms with Crippen molar-refractivity contribution in [1.29, 1.82) is 0 Å². The highest BCUT2D eigenvalue weighted by atomic mass is 16.1. The minimum Gasteiger partial charge on any atom is -0.299 e. The molecule has 0 N–H and O–H groups in total. The highest BCUT2D eigenvalue weighted by Gasteiger charge is 1.91. The average molecular weight is 168 g/mol. The van der Waals surface area contributed by atoms with Gasteiger partial charge in [-0.1, -0.05) is 13.8 Å². The van der Waals surface area contributed by atoms with Crippen LogP contribution in [-0.2, 0) is 6.54 Å². The van der Waals surface area contributed by atoms with Crippen molar-refractivity contribution < 1.29 is 0 Å². The molecule has 0 saturated carbocycles. The van der Waals surface area contributed by atoms with Gasteiger partial charge in [-0.2, -0.15) is 4.98 Å². The van der Waals surface area contributed by atoms with Gasteiger partial charge in [0.1, 0.15) is 0 Å². The van der Waals surface area contributed by atoms with Crippen LogP contribution >= 0.6 is 0 Å². The quantitative estimate of drug-likeness (QED) is 0.638. The Balaban J connectivity index is 0.000000561. The topological polar surface area (TPSA) is 34.9 Å². The Morgan fingerprint density at radius 1 is 1.50 bits per heavy atom. The summed E-state index contributed by atoms with van der Waals surface area (Å²) in [6.45, 7) is 8.41. The Kier molecular flexibility index (Phi) is 5.00. The molecule has 0 bridgehead atoms. The summed E-state index contributed by atoms with van der Waals surface area (Å²) in [4.78, 5) is 14.7. The van der Waals surface area contributed by atoms with Crippen molar-refractivity contribution in [2.75, 3.05) is 0 Å². The van der Waals surface area contributed by atoms with Crippen LogP contribution in [0.4, 0.5) is 0 Å². The highest BCUT2D eigenvalue weighted by Crippen LogP contribution is 1.84.